The van der Waals surface area contributed by atoms with Crippen LogP contribution in [-0.4, -0.2) is 102 Å². The zero-order valence-corrected chi connectivity index (χ0v) is 36.2. The number of amides is 1. The number of pyridine rings is 1. The van der Waals surface area contributed by atoms with Crippen molar-refractivity contribution < 1.29 is 29.7 Å². The molecular formula is C45H58ClN7O6S. The lowest BCUT2D eigenvalue weighted by molar-refractivity contribution is 0.0144. The van der Waals surface area contributed by atoms with E-state index in [2.05, 4.69) is 54.5 Å². The van der Waals surface area contributed by atoms with E-state index in [0.717, 1.165) is 117 Å². The first-order chi connectivity index (χ1) is 29.1. The van der Waals surface area contributed by atoms with Crippen LogP contribution in [-0.2, 0) is 4.74 Å². The van der Waals surface area contributed by atoms with Crippen molar-refractivity contribution in [3.05, 3.63) is 101 Å². The number of nitrogens with zero attached hydrogens (tertiary/aromatic N) is 3. The number of rotatable bonds is 11. The third kappa shape index (κ3) is 12.5. The van der Waals surface area contributed by atoms with Gasteiger partial charge in [-0.2, -0.15) is 0 Å². The fourth-order valence-electron chi connectivity index (χ4n) is 7.83. The van der Waals surface area contributed by atoms with Crippen molar-refractivity contribution in [2.75, 3.05) is 75.8 Å². The van der Waals surface area contributed by atoms with Crippen LogP contribution in [0, 0.1) is 5.92 Å². The van der Waals surface area contributed by atoms with Gasteiger partial charge in [-0.1, -0.05) is 23.7 Å². The van der Waals surface area contributed by atoms with Crippen LogP contribution in [0.3, 0.4) is 0 Å². The van der Waals surface area contributed by atoms with Crippen molar-refractivity contribution in [3.63, 3.8) is 0 Å². The molecule has 0 radical (unpaired) electrons. The van der Waals surface area contributed by atoms with Gasteiger partial charge in [-0.05, 0) is 136 Å². The van der Waals surface area contributed by atoms with E-state index in [1.54, 1.807) is 12.3 Å². The predicted octanol–water partition coefficient (Wildman–Crippen LogP) is 8.54. The maximum atomic E-state index is 13.5. The number of H-pyrrole nitrogens is 1. The molecule has 1 aliphatic carbocycles. The summed E-state index contributed by atoms with van der Waals surface area (Å²) in [6.45, 7) is 8.06. The Morgan fingerprint density at radius 1 is 1.00 bits per heavy atom. The molecule has 1 amide bonds. The van der Waals surface area contributed by atoms with Gasteiger partial charge in [-0.25, -0.2) is 4.98 Å². The van der Waals surface area contributed by atoms with Gasteiger partial charge < -0.3 is 39.8 Å². The van der Waals surface area contributed by atoms with Gasteiger partial charge in [0, 0.05) is 86.3 Å². The number of ether oxygens (including phenoxy) is 2. The Labute approximate surface area is 361 Å². The molecular weight excluding hydrogens is 802 g/mol. The largest absolute Gasteiger partial charge is 0.455 e. The first kappa shape index (κ1) is 45.0. The number of nitrogens with one attached hydrogen (secondary N) is 4. The fraction of sp³-hybridized carbons (Fsp3) is 0.422. The number of fused-ring (bicyclic) bond motifs is 1. The Morgan fingerprint density at radius 3 is 2.50 bits per heavy atom. The number of aliphatic hydroxyl groups excluding tert-OH is 1. The number of benzene rings is 3. The van der Waals surface area contributed by atoms with Crippen molar-refractivity contribution in [2.24, 2.45) is 5.92 Å². The zero-order valence-electron chi connectivity index (χ0n) is 34.6. The van der Waals surface area contributed by atoms with E-state index >= 15 is 0 Å². The lowest BCUT2D eigenvalue weighted by Crippen LogP contribution is -2.44. The standard InChI is InChI=1S/C31H37N7O4S.C13H17ClO.CH4O/c1-37-10-12-38(13-11-37)23-2-4-26(29(17-23)42-24-16-22-6-9-32-30(22)34-20-24)31(39)36-43-25-3-5-27(28(18-25)35-40)33-19-21-7-14-41-15-8-21;1-13(15)8-2-3-11(9-13)10-4-6-12(14)7-5-10;1-2/h2-6,9,16-18,20-21,33,35,40H,7-8,10-15,19H2,1H3,(H,32,34)(H,36,39);4-7,11,15H,2-3,8-9H2,1H3;2H,1H3. The molecule has 2 atom stereocenters. The number of aromatic amines is 1. The number of carbonyl (C=O) groups is 1. The molecule has 2 aliphatic heterocycles. The van der Waals surface area contributed by atoms with Gasteiger partial charge in [0.05, 0.1) is 28.7 Å². The Kier molecular flexibility index (Phi) is 16.4. The SMILES string of the molecule is CC1(O)CCCC(c2ccc(Cl)cc2)C1.CN1CCN(c2ccc(C(=O)NSc3ccc(NCC4CCOCC4)c(NO)c3)c(Oc3cnc4[nH]ccc4c3)c2)CC1.CO. The highest BCUT2D eigenvalue weighted by atomic mass is 35.5. The van der Waals surface area contributed by atoms with Crippen LogP contribution >= 0.6 is 23.5 Å². The van der Waals surface area contributed by atoms with E-state index in [0.29, 0.717) is 34.6 Å². The van der Waals surface area contributed by atoms with Crippen LogP contribution in [0.5, 0.6) is 11.5 Å². The van der Waals surface area contributed by atoms with Gasteiger partial charge in [-0.3, -0.25) is 20.2 Å². The summed E-state index contributed by atoms with van der Waals surface area (Å²) in [6.07, 6.45) is 9.61. The van der Waals surface area contributed by atoms with Crippen molar-refractivity contribution >= 4 is 57.6 Å². The molecule has 3 aliphatic rings. The normalized spacial score (nSPS) is 19.6. The number of carbonyl (C=O) groups excluding carboxylic acids is 1. The van der Waals surface area contributed by atoms with Crippen LogP contribution < -0.4 is 25.2 Å². The summed E-state index contributed by atoms with van der Waals surface area (Å²) in [6, 6.07) is 23.2. The van der Waals surface area contributed by atoms with E-state index < -0.39 is 5.60 Å². The summed E-state index contributed by atoms with van der Waals surface area (Å²) >= 11 is 7.03. The van der Waals surface area contributed by atoms with E-state index in [4.69, 9.17) is 26.2 Å². The second-order valence-corrected chi connectivity index (χ2v) is 17.1. The summed E-state index contributed by atoms with van der Waals surface area (Å²) in [5.74, 6) is 1.74. The van der Waals surface area contributed by atoms with E-state index in [9.17, 15) is 15.1 Å². The molecule has 0 bridgehead atoms. The van der Waals surface area contributed by atoms with Crippen molar-refractivity contribution in [1.29, 1.82) is 0 Å². The fourth-order valence-corrected chi connectivity index (χ4v) is 8.59. The Bertz CT molecular complexity index is 2120. The van der Waals surface area contributed by atoms with Crippen molar-refractivity contribution in [3.8, 4) is 11.5 Å². The average Bonchev–Trinajstić information content (AvgIpc) is 3.75. The molecule has 3 fully saturated rings. The molecule has 3 aromatic carbocycles. The first-order valence-electron chi connectivity index (χ1n) is 20.6. The number of piperazine rings is 1. The van der Waals surface area contributed by atoms with Crippen molar-refractivity contribution in [2.45, 2.75) is 61.9 Å². The molecule has 15 heteroatoms. The van der Waals surface area contributed by atoms with Crippen LogP contribution in [0.25, 0.3) is 11.0 Å². The molecule has 4 heterocycles. The number of hydrogen-bond donors (Lipinski definition) is 7. The quantitative estimate of drug-likeness (QED) is 0.0501. The summed E-state index contributed by atoms with van der Waals surface area (Å²) in [7, 11) is 3.12. The zero-order chi connectivity index (χ0) is 42.5. The second kappa shape index (κ2) is 21.8. The predicted molar refractivity (Wildman–Crippen MR) is 241 cm³/mol. The van der Waals surface area contributed by atoms with Crippen molar-refractivity contribution in [1.82, 2.24) is 19.6 Å². The lowest BCUT2D eigenvalue weighted by Gasteiger charge is -2.34. The highest BCUT2D eigenvalue weighted by Crippen LogP contribution is 2.39. The van der Waals surface area contributed by atoms with Gasteiger partial charge in [0.15, 0.2) is 0 Å². The van der Waals surface area contributed by atoms with E-state index in [1.165, 1.54) is 23.9 Å². The summed E-state index contributed by atoms with van der Waals surface area (Å²) in [5, 5.41) is 31.9. The first-order valence-corrected chi connectivity index (χ1v) is 21.8. The monoisotopic (exact) mass is 859 g/mol. The van der Waals surface area contributed by atoms with Crippen LogP contribution in [0.2, 0.25) is 5.02 Å². The van der Waals surface area contributed by atoms with E-state index in [-0.39, 0.29) is 5.91 Å². The lowest BCUT2D eigenvalue weighted by atomic mass is 9.76. The van der Waals surface area contributed by atoms with Gasteiger partial charge in [0.2, 0.25) is 0 Å². The molecule has 5 aromatic rings. The third-order valence-electron chi connectivity index (χ3n) is 11.3. The summed E-state index contributed by atoms with van der Waals surface area (Å²) in [5.41, 5.74) is 6.63. The number of likely N-dealkylation sites (N-methyl/N-ethyl adjacent to an activating group) is 1. The number of halogens is 1. The molecule has 60 heavy (non-hydrogen) atoms. The van der Waals surface area contributed by atoms with Crippen LogP contribution in [0.4, 0.5) is 17.1 Å². The third-order valence-corrected chi connectivity index (χ3v) is 12.3. The minimum atomic E-state index is -0.484. The number of anilines is 3. The molecule has 8 rings (SSSR count). The second-order valence-electron chi connectivity index (χ2n) is 15.8. The van der Waals surface area contributed by atoms with Gasteiger partial charge in [0.25, 0.3) is 5.91 Å². The van der Waals surface area contributed by atoms with Gasteiger partial charge in [0.1, 0.15) is 17.1 Å². The minimum absolute atomic E-state index is 0.291. The van der Waals surface area contributed by atoms with Crippen LogP contribution in [0.15, 0.2) is 90.1 Å². The highest BCUT2D eigenvalue weighted by molar-refractivity contribution is 7.98. The smallest absolute Gasteiger partial charge is 0.265 e. The molecule has 2 saturated heterocycles. The number of hydrogen-bond acceptors (Lipinski definition) is 12. The average molecular weight is 861 g/mol. The van der Waals surface area contributed by atoms with Crippen LogP contribution in [0.1, 0.15) is 67.3 Å². The molecule has 0 spiro atoms. The van der Waals surface area contributed by atoms with Gasteiger partial charge in [-0.15, -0.1) is 0 Å². The molecule has 7 N–H and O–H groups in total. The topological polar surface area (TPSA) is 167 Å². The highest BCUT2D eigenvalue weighted by Gasteiger charge is 2.30. The molecule has 2 aromatic heterocycles. The molecule has 13 nitrogen and oxygen atoms in total. The maximum absolute atomic E-state index is 13.5. The maximum Gasteiger partial charge on any atom is 0.265 e. The Morgan fingerprint density at radius 2 is 1.77 bits per heavy atom. The van der Waals surface area contributed by atoms with E-state index in [1.807, 2.05) is 67.7 Å². The molecule has 1 saturated carbocycles. The number of aromatic nitrogens is 2. The molecule has 2 unspecified atom stereocenters. The van der Waals surface area contributed by atoms with Gasteiger partial charge >= 0.3 is 0 Å². The Balaban J connectivity index is 0.000000297. The molecule has 322 valence electrons. The number of aliphatic hydroxyl groups is 2. The Hall–Kier alpha value is -4.54. The minimum Gasteiger partial charge on any atom is -0.455 e. The summed E-state index contributed by atoms with van der Waals surface area (Å²) < 4.78 is 14.7. The summed E-state index contributed by atoms with van der Waals surface area (Å²) in [4.78, 5) is 26.4.